The van der Waals surface area contributed by atoms with Crippen LogP contribution in [0.1, 0.15) is 5.56 Å². The van der Waals surface area contributed by atoms with Crippen LogP contribution in [-0.4, -0.2) is 32.8 Å². The van der Waals surface area contributed by atoms with E-state index in [4.69, 9.17) is 15.2 Å². The monoisotopic (exact) mass is 238 g/mol. The molecule has 0 fully saturated rings. The molecule has 0 bridgehead atoms. The van der Waals surface area contributed by atoms with Crippen LogP contribution >= 0.6 is 0 Å². The van der Waals surface area contributed by atoms with Crippen molar-refractivity contribution in [3.63, 3.8) is 0 Å². The van der Waals surface area contributed by atoms with Crippen LogP contribution in [-0.2, 0) is 9.53 Å². The Labute approximate surface area is 101 Å². The first kappa shape index (κ1) is 13.5. The van der Waals surface area contributed by atoms with E-state index in [0.29, 0.717) is 11.4 Å². The Hall–Kier alpha value is -1.59. The molecule has 0 aliphatic rings. The molecule has 0 aliphatic heterocycles. The minimum absolute atomic E-state index is 0.189. The number of nitrogens with one attached hydrogen (secondary N) is 1. The van der Waals surface area contributed by atoms with Crippen molar-refractivity contribution in [2.45, 2.75) is 13.0 Å². The van der Waals surface area contributed by atoms with Gasteiger partial charge in [-0.2, -0.15) is 0 Å². The highest BCUT2D eigenvalue weighted by atomic mass is 16.5. The lowest BCUT2D eigenvalue weighted by Gasteiger charge is -2.13. The van der Waals surface area contributed by atoms with Gasteiger partial charge in [0.2, 0.25) is 5.91 Å². The number of benzene rings is 1. The number of aryl methyl sites for hydroxylation is 1. The van der Waals surface area contributed by atoms with Gasteiger partial charge in [0.05, 0.1) is 13.7 Å². The molecule has 1 rings (SSSR count). The van der Waals surface area contributed by atoms with Crippen LogP contribution in [0.4, 0.5) is 5.69 Å². The first-order valence-electron chi connectivity index (χ1n) is 5.28. The van der Waals surface area contributed by atoms with E-state index in [1.54, 1.807) is 13.2 Å². The van der Waals surface area contributed by atoms with Crippen molar-refractivity contribution >= 4 is 11.6 Å². The summed E-state index contributed by atoms with van der Waals surface area (Å²) in [6.45, 7) is 2.09. The number of hydrogen-bond acceptors (Lipinski definition) is 4. The number of ether oxygens (including phenoxy) is 2. The first-order chi connectivity index (χ1) is 8.08. The van der Waals surface area contributed by atoms with Crippen LogP contribution in [0.15, 0.2) is 18.2 Å². The minimum Gasteiger partial charge on any atom is -0.497 e. The molecule has 0 saturated heterocycles. The minimum atomic E-state index is -0.675. The maximum atomic E-state index is 11.7. The quantitative estimate of drug-likeness (QED) is 0.800. The van der Waals surface area contributed by atoms with Crippen LogP contribution in [0.25, 0.3) is 0 Å². The molecule has 5 nitrogen and oxygen atoms in total. The number of hydrogen-bond donors (Lipinski definition) is 2. The number of rotatable bonds is 5. The number of nitrogens with two attached hydrogens (primary N) is 1. The van der Waals surface area contributed by atoms with Crippen molar-refractivity contribution in [2.24, 2.45) is 5.73 Å². The lowest BCUT2D eigenvalue weighted by atomic mass is 10.2. The number of amides is 1. The van der Waals surface area contributed by atoms with Crippen LogP contribution < -0.4 is 15.8 Å². The summed E-state index contributed by atoms with van der Waals surface area (Å²) in [6.07, 6.45) is 0. The van der Waals surface area contributed by atoms with Gasteiger partial charge >= 0.3 is 0 Å². The largest absolute Gasteiger partial charge is 0.497 e. The normalized spacial score (nSPS) is 12.0. The Bertz CT molecular complexity index is 393. The number of methoxy groups -OCH3 is 2. The standard InChI is InChI=1S/C12H18N2O3/c1-8-4-5-9(17-3)6-11(8)14-12(15)10(13)7-16-2/h4-6,10H,7,13H2,1-3H3,(H,14,15). The summed E-state index contributed by atoms with van der Waals surface area (Å²) in [5, 5.41) is 2.75. The molecular weight excluding hydrogens is 220 g/mol. The molecule has 1 aromatic carbocycles. The van der Waals surface area contributed by atoms with E-state index >= 15 is 0 Å². The second-order valence-electron chi connectivity index (χ2n) is 3.73. The second-order valence-corrected chi connectivity index (χ2v) is 3.73. The highest BCUT2D eigenvalue weighted by molar-refractivity contribution is 5.95. The Morgan fingerprint density at radius 1 is 1.47 bits per heavy atom. The van der Waals surface area contributed by atoms with Crippen molar-refractivity contribution in [2.75, 3.05) is 26.1 Å². The predicted molar refractivity (Wildman–Crippen MR) is 66.2 cm³/mol. The fraction of sp³-hybridized carbons (Fsp3) is 0.417. The average molecular weight is 238 g/mol. The highest BCUT2D eigenvalue weighted by Crippen LogP contribution is 2.21. The van der Waals surface area contributed by atoms with Crippen molar-refractivity contribution in [1.29, 1.82) is 0 Å². The van der Waals surface area contributed by atoms with Gasteiger partial charge in [-0.1, -0.05) is 6.07 Å². The summed E-state index contributed by atoms with van der Waals surface area (Å²) in [5.41, 5.74) is 7.27. The summed E-state index contributed by atoms with van der Waals surface area (Å²) in [5.74, 6) is 0.411. The van der Waals surface area contributed by atoms with Crippen molar-refractivity contribution in [1.82, 2.24) is 0 Å². The van der Waals surface area contributed by atoms with Crippen LogP contribution in [0.5, 0.6) is 5.75 Å². The number of carbonyl (C=O) groups is 1. The fourth-order valence-electron chi connectivity index (χ4n) is 1.34. The van der Waals surface area contributed by atoms with Gasteiger partial charge < -0.3 is 20.5 Å². The predicted octanol–water partition coefficient (Wildman–Crippen LogP) is 0.916. The van der Waals surface area contributed by atoms with E-state index in [1.165, 1.54) is 7.11 Å². The van der Waals surface area contributed by atoms with E-state index in [0.717, 1.165) is 5.56 Å². The molecule has 1 amide bonds. The molecular formula is C12H18N2O3. The Morgan fingerprint density at radius 2 is 2.18 bits per heavy atom. The Morgan fingerprint density at radius 3 is 2.76 bits per heavy atom. The highest BCUT2D eigenvalue weighted by Gasteiger charge is 2.14. The lowest BCUT2D eigenvalue weighted by molar-refractivity contribution is -0.118. The van der Waals surface area contributed by atoms with Gasteiger partial charge in [0.1, 0.15) is 11.8 Å². The summed E-state index contributed by atoms with van der Waals surface area (Å²) >= 11 is 0. The molecule has 5 heteroatoms. The summed E-state index contributed by atoms with van der Waals surface area (Å²) in [4.78, 5) is 11.7. The molecule has 1 unspecified atom stereocenters. The van der Waals surface area contributed by atoms with E-state index < -0.39 is 6.04 Å². The number of carbonyl (C=O) groups excluding carboxylic acids is 1. The topological polar surface area (TPSA) is 73.6 Å². The summed E-state index contributed by atoms with van der Waals surface area (Å²) in [7, 11) is 3.08. The van der Waals surface area contributed by atoms with E-state index in [2.05, 4.69) is 5.32 Å². The second kappa shape index (κ2) is 6.22. The molecule has 0 radical (unpaired) electrons. The number of anilines is 1. The third kappa shape index (κ3) is 3.72. The maximum Gasteiger partial charge on any atom is 0.243 e. The molecule has 0 heterocycles. The smallest absolute Gasteiger partial charge is 0.243 e. The third-order valence-corrected chi connectivity index (χ3v) is 2.39. The zero-order valence-corrected chi connectivity index (χ0v) is 10.3. The van der Waals surface area contributed by atoms with Gasteiger partial charge in [0.25, 0.3) is 0 Å². The molecule has 1 atom stereocenters. The first-order valence-corrected chi connectivity index (χ1v) is 5.28. The molecule has 0 aliphatic carbocycles. The molecule has 0 spiro atoms. The molecule has 0 saturated carbocycles. The van der Waals surface area contributed by atoms with Crippen LogP contribution in [0, 0.1) is 6.92 Å². The lowest BCUT2D eigenvalue weighted by Crippen LogP contribution is -2.39. The summed E-state index contributed by atoms with van der Waals surface area (Å²) in [6, 6.07) is 4.79. The van der Waals surface area contributed by atoms with E-state index in [9.17, 15) is 4.79 Å². The van der Waals surface area contributed by atoms with Gasteiger partial charge in [-0.15, -0.1) is 0 Å². The Balaban J connectivity index is 2.76. The molecule has 0 aromatic heterocycles. The zero-order valence-electron chi connectivity index (χ0n) is 10.3. The van der Waals surface area contributed by atoms with Gasteiger partial charge in [-0.05, 0) is 18.6 Å². The van der Waals surface area contributed by atoms with E-state index in [1.807, 2.05) is 19.1 Å². The van der Waals surface area contributed by atoms with Crippen LogP contribution in [0.3, 0.4) is 0 Å². The zero-order chi connectivity index (χ0) is 12.8. The molecule has 94 valence electrons. The average Bonchev–Trinajstić information content (AvgIpc) is 2.32. The summed E-state index contributed by atoms with van der Waals surface area (Å²) < 4.78 is 9.92. The van der Waals surface area contributed by atoms with Crippen molar-refractivity contribution in [3.05, 3.63) is 23.8 Å². The molecule has 17 heavy (non-hydrogen) atoms. The van der Waals surface area contributed by atoms with Crippen molar-refractivity contribution in [3.8, 4) is 5.75 Å². The van der Waals surface area contributed by atoms with Crippen molar-refractivity contribution < 1.29 is 14.3 Å². The Kier molecular flexibility index (Phi) is 4.93. The van der Waals surface area contributed by atoms with E-state index in [-0.39, 0.29) is 12.5 Å². The van der Waals surface area contributed by atoms with Gasteiger partial charge in [-0.25, -0.2) is 0 Å². The molecule has 3 N–H and O–H groups in total. The maximum absolute atomic E-state index is 11.7. The third-order valence-electron chi connectivity index (χ3n) is 2.39. The molecule has 1 aromatic rings. The van der Waals surface area contributed by atoms with Crippen LogP contribution in [0.2, 0.25) is 0 Å². The van der Waals surface area contributed by atoms with Gasteiger partial charge in [0.15, 0.2) is 0 Å². The fourth-order valence-corrected chi connectivity index (χ4v) is 1.34. The van der Waals surface area contributed by atoms with Gasteiger partial charge in [-0.3, -0.25) is 4.79 Å². The van der Waals surface area contributed by atoms with Gasteiger partial charge in [0, 0.05) is 18.9 Å². The SMILES string of the molecule is COCC(N)C(=O)Nc1cc(OC)ccc1C.